The molecule has 0 radical (unpaired) electrons. The van der Waals surface area contributed by atoms with E-state index in [-0.39, 0.29) is 10.6 Å². The molecule has 6 aromatic rings. The minimum atomic E-state index is -0.311. The first kappa shape index (κ1) is 16.7. The molecule has 0 unspecified atom stereocenters. The number of nitro groups is 1. The van der Waals surface area contributed by atoms with Gasteiger partial charge >= 0.3 is 0 Å². The molecule has 0 saturated heterocycles. The van der Waals surface area contributed by atoms with Gasteiger partial charge in [-0.1, -0.05) is 66.7 Å². The highest BCUT2D eigenvalue weighted by molar-refractivity contribution is 6.17. The summed E-state index contributed by atoms with van der Waals surface area (Å²) in [6, 6.07) is 31.9. The molecule has 2 heterocycles. The molecular weight excluding hydrogens is 372 g/mol. The lowest BCUT2D eigenvalue weighted by Crippen LogP contribution is -1.92. The maximum absolute atomic E-state index is 11.7. The van der Waals surface area contributed by atoms with Crippen molar-refractivity contribution in [2.45, 2.75) is 0 Å². The summed E-state index contributed by atoms with van der Waals surface area (Å²) in [5.41, 5.74) is 4.90. The van der Waals surface area contributed by atoms with Crippen LogP contribution in [-0.2, 0) is 0 Å². The van der Waals surface area contributed by atoms with Gasteiger partial charge in [0.1, 0.15) is 0 Å². The van der Waals surface area contributed by atoms with Gasteiger partial charge in [-0.15, -0.1) is 0 Å². The van der Waals surface area contributed by atoms with Crippen LogP contribution in [0.15, 0.2) is 97.1 Å². The van der Waals surface area contributed by atoms with Crippen molar-refractivity contribution in [1.29, 1.82) is 0 Å². The molecule has 142 valence electrons. The number of nitro benzene ring substituents is 1. The average molecular weight is 388 g/mol. The van der Waals surface area contributed by atoms with Crippen LogP contribution in [0.5, 0.6) is 0 Å². The number of aromatic nitrogens is 1. The minimum absolute atomic E-state index is 0.120. The van der Waals surface area contributed by atoms with Crippen molar-refractivity contribution >= 4 is 43.8 Å². The highest BCUT2D eigenvalue weighted by Gasteiger charge is 2.19. The molecule has 0 saturated carbocycles. The van der Waals surface area contributed by atoms with Gasteiger partial charge in [0.25, 0.3) is 5.69 Å². The summed E-state index contributed by atoms with van der Waals surface area (Å²) in [5, 5.41) is 16.2. The van der Waals surface area contributed by atoms with Gasteiger partial charge in [0.15, 0.2) is 0 Å². The minimum Gasteiger partial charge on any atom is -0.309 e. The molecule has 0 aliphatic carbocycles. The summed E-state index contributed by atoms with van der Waals surface area (Å²) in [6.45, 7) is 0. The zero-order chi connectivity index (χ0) is 20.2. The van der Waals surface area contributed by atoms with E-state index in [1.54, 1.807) is 12.1 Å². The largest absolute Gasteiger partial charge is 0.309 e. The number of rotatable bonds is 2. The lowest BCUT2D eigenvalue weighted by molar-refractivity contribution is -0.384. The predicted molar refractivity (Wildman–Crippen MR) is 122 cm³/mol. The van der Waals surface area contributed by atoms with E-state index in [1.165, 1.54) is 16.2 Å². The Balaban J connectivity index is 1.84. The molecule has 4 aromatic carbocycles. The fourth-order valence-electron chi connectivity index (χ4n) is 4.62. The molecule has 0 amide bonds. The highest BCUT2D eigenvalue weighted by atomic mass is 16.6. The van der Waals surface area contributed by atoms with Crippen LogP contribution in [0.1, 0.15) is 0 Å². The molecule has 2 aromatic heterocycles. The van der Waals surface area contributed by atoms with E-state index < -0.39 is 0 Å². The van der Waals surface area contributed by atoms with E-state index in [1.807, 2.05) is 30.3 Å². The SMILES string of the molecule is O=[N+]([O-])c1ccccc1-c1cccc2c1cc1c3ccccc3c3ccccc3n21. The summed E-state index contributed by atoms with van der Waals surface area (Å²) in [7, 11) is 0. The maximum atomic E-state index is 11.7. The molecule has 30 heavy (non-hydrogen) atoms. The van der Waals surface area contributed by atoms with Crippen LogP contribution in [-0.4, -0.2) is 9.32 Å². The lowest BCUT2D eigenvalue weighted by atomic mass is 10.00. The zero-order valence-electron chi connectivity index (χ0n) is 15.9. The number of hydrogen-bond donors (Lipinski definition) is 0. The molecule has 0 fully saturated rings. The molecule has 0 N–H and O–H groups in total. The van der Waals surface area contributed by atoms with Gasteiger partial charge in [-0.05, 0) is 35.2 Å². The molecule has 0 aliphatic heterocycles. The third-order valence-electron chi connectivity index (χ3n) is 5.88. The molecular formula is C26H16N2O2. The van der Waals surface area contributed by atoms with Crippen molar-refractivity contribution < 1.29 is 4.92 Å². The summed E-state index contributed by atoms with van der Waals surface area (Å²) in [6.07, 6.45) is 0. The van der Waals surface area contributed by atoms with Gasteiger partial charge in [-0.25, -0.2) is 0 Å². The molecule has 4 heteroatoms. The van der Waals surface area contributed by atoms with E-state index in [0.29, 0.717) is 5.56 Å². The first-order chi connectivity index (χ1) is 14.7. The van der Waals surface area contributed by atoms with Crippen LogP contribution in [0, 0.1) is 10.1 Å². The molecule has 0 spiro atoms. The smallest absolute Gasteiger partial charge is 0.277 e. The van der Waals surface area contributed by atoms with Crippen LogP contribution < -0.4 is 0 Å². The summed E-state index contributed by atoms with van der Waals surface area (Å²) >= 11 is 0. The third-order valence-corrected chi connectivity index (χ3v) is 5.88. The van der Waals surface area contributed by atoms with Gasteiger partial charge in [0.05, 0.1) is 27.0 Å². The van der Waals surface area contributed by atoms with Crippen LogP contribution in [0.3, 0.4) is 0 Å². The van der Waals surface area contributed by atoms with Crippen molar-refractivity contribution in [3.8, 4) is 11.1 Å². The van der Waals surface area contributed by atoms with Crippen molar-refractivity contribution in [3.63, 3.8) is 0 Å². The van der Waals surface area contributed by atoms with Gasteiger partial charge in [0.2, 0.25) is 0 Å². The Hall–Kier alpha value is -4.18. The Kier molecular flexibility index (Phi) is 3.44. The van der Waals surface area contributed by atoms with Crippen LogP contribution in [0.2, 0.25) is 0 Å². The zero-order valence-corrected chi connectivity index (χ0v) is 15.9. The van der Waals surface area contributed by atoms with E-state index in [0.717, 1.165) is 27.5 Å². The molecule has 0 bridgehead atoms. The van der Waals surface area contributed by atoms with Gasteiger partial charge in [-0.3, -0.25) is 10.1 Å². The van der Waals surface area contributed by atoms with Gasteiger partial charge < -0.3 is 4.40 Å². The Morgan fingerprint density at radius 1 is 0.567 bits per heavy atom. The second-order valence-electron chi connectivity index (χ2n) is 7.44. The number of pyridine rings is 1. The molecule has 0 atom stereocenters. The quantitative estimate of drug-likeness (QED) is 0.183. The Labute approximate surface area is 171 Å². The highest BCUT2D eigenvalue weighted by Crippen LogP contribution is 2.39. The van der Waals surface area contributed by atoms with Crippen molar-refractivity contribution in [1.82, 2.24) is 4.40 Å². The third kappa shape index (κ3) is 2.22. The molecule has 6 rings (SSSR count). The Morgan fingerprint density at radius 2 is 1.13 bits per heavy atom. The number of hydrogen-bond acceptors (Lipinski definition) is 2. The van der Waals surface area contributed by atoms with Crippen LogP contribution in [0.25, 0.3) is 49.2 Å². The molecule has 4 nitrogen and oxygen atoms in total. The number of fused-ring (bicyclic) bond motifs is 8. The van der Waals surface area contributed by atoms with E-state index >= 15 is 0 Å². The summed E-state index contributed by atoms with van der Waals surface area (Å²) in [5.74, 6) is 0. The normalized spacial score (nSPS) is 11.6. The van der Waals surface area contributed by atoms with Gasteiger partial charge in [0, 0.05) is 22.2 Å². The number of para-hydroxylation sites is 2. The maximum Gasteiger partial charge on any atom is 0.277 e. The fourth-order valence-corrected chi connectivity index (χ4v) is 4.62. The second kappa shape index (κ2) is 6.16. The number of nitrogens with zero attached hydrogens (tertiary/aromatic N) is 2. The monoisotopic (exact) mass is 388 g/mol. The topological polar surface area (TPSA) is 47.5 Å². The van der Waals surface area contributed by atoms with Crippen LogP contribution in [0.4, 0.5) is 5.69 Å². The van der Waals surface area contributed by atoms with Crippen molar-refractivity contribution in [3.05, 3.63) is 107 Å². The summed E-state index contributed by atoms with van der Waals surface area (Å²) in [4.78, 5) is 11.3. The van der Waals surface area contributed by atoms with E-state index in [9.17, 15) is 10.1 Å². The van der Waals surface area contributed by atoms with E-state index in [2.05, 4.69) is 59.0 Å². The fraction of sp³-hybridized carbons (Fsp3) is 0. The van der Waals surface area contributed by atoms with E-state index in [4.69, 9.17) is 0 Å². The van der Waals surface area contributed by atoms with Crippen molar-refractivity contribution in [2.24, 2.45) is 0 Å². The summed E-state index contributed by atoms with van der Waals surface area (Å²) < 4.78 is 2.27. The predicted octanol–water partition coefficient (Wildman–Crippen LogP) is 6.97. The van der Waals surface area contributed by atoms with Gasteiger partial charge in [-0.2, -0.15) is 0 Å². The number of benzene rings is 4. The Bertz CT molecular complexity index is 1630. The second-order valence-corrected chi connectivity index (χ2v) is 7.44. The first-order valence-electron chi connectivity index (χ1n) is 9.81. The average Bonchev–Trinajstić information content (AvgIpc) is 3.19. The Morgan fingerprint density at radius 3 is 1.93 bits per heavy atom. The molecule has 0 aliphatic rings. The standard InChI is InChI=1S/C26H16N2O2/c29-28(30)25-14-6-4-10-20(25)18-12-7-15-24-22(18)16-26-21-11-2-1-8-17(21)19-9-3-5-13-23(19)27(24)26/h1-16H. The van der Waals surface area contributed by atoms with Crippen molar-refractivity contribution in [2.75, 3.05) is 0 Å². The first-order valence-corrected chi connectivity index (χ1v) is 9.81. The lowest BCUT2D eigenvalue weighted by Gasteiger charge is -2.10. The van der Waals surface area contributed by atoms with Crippen LogP contribution >= 0.6 is 0 Å².